The first-order valence-corrected chi connectivity index (χ1v) is 12.0. The predicted octanol–water partition coefficient (Wildman–Crippen LogP) is 4.29. The van der Waals surface area contributed by atoms with E-state index in [1.54, 1.807) is 39.0 Å². The quantitative estimate of drug-likeness (QED) is 0.499. The number of nitrogens with zero attached hydrogens (tertiary/aromatic N) is 1. The minimum absolute atomic E-state index is 0.0382. The van der Waals surface area contributed by atoms with Gasteiger partial charge in [-0.05, 0) is 43.3 Å². The maximum atomic E-state index is 13.0. The molecule has 2 rings (SSSR count). The number of halogens is 1. The van der Waals surface area contributed by atoms with Gasteiger partial charge in [-0.15, -0.1) is 0 Å². The summed E-state index contributed by atoms with van der Waals surface area (Å²) in [6.07, 6.45) is 0.123. The molecule has 0 radical (unpaired) electrons. The van der Waals surface area contributed by atoms with E-state index in [1.807, 2.05) is 18.2 Å². The van der Waals surface area contributed by atoms with Gasteiger partial charge < -0.3 is 14.8 Å². The van der Waals surface area contributed by atoms with Crippen LogP contribution < -0.4 is 14.8 Å². The smallest absolute Gasteiger partial charge is 0.246 e. The van der Waals surface area contributed by atoms with E-state index >= 15 is 0 Å². The van der Waals surface area contributed by atoms with E-state index in [2.05, 4.69) is 21.2 Å². The van der Waals surface area contributed by atoms with Crippen LogP contribution in [0.2, 0.25) is 0 Å². The van der Waals surface area contributed by atoms with Gasteiger partial charge in [-0.25, -0.2) is 8.42 Å². The number of carbonyl (C=O) groups is 1. The van der Waals surface area contributed by atoms with Crippen LogP contribution in [0.15, 0.2) is 51.8 Å². The largest absolute Gasteiger partial charge is 0.493 e. The van der Waals surface area contributed by atoms with Crippen LogP contribution in [0.4, 0.5) is 5.69 Å². The lowest BCUT2D eigenvalue weighted by atomic mass is 10.3. The van der Waals surface area contributed by atoms with Crippen LogP contribution in [0, 0.1) is 0 Å². The van der Waals surface area contributed by atoms with Crippen molar-refractivity contribution in [2.45, 2.75) is 32.1 Å². The van der Waals surface area contributed by atoms with E-state index in [0.29, 0.717) is 31.1 Å². The lowest BCUT2D eigenvalue weighted by molar-refractivity contribution is -0.116. The second-order valence-electron chi connectivity index (χ2n) is 6.29. The average molecular weight is 499 g/mol. The van der Waals surface area contributed by atoms with Crippen molar-refractivity contribution in [3.63, 3.8) is 0 Å². The lowest BCUT2D eigenvalue weighted by Gasteiger charge is -2.21. The van der Waals surface area contributed by atoms with Crippen LogP contribution in [-0.4, -0.2) is 44.9 Å². The molecule has 0 bridgehead atoms. The predicted molar refractivity (Wildman–Crippen MR) is 121 cm³/mol. The van der Waals surface area contributed by atoms with E-state index in [1.165, 1.54) is 10.4 Å². The Kier molecular flexibility index (Phi) is 9.13. The average Bonchev–Trinajstić information content (AvgIpc) is 2.70. The SMILES string of the molecule is CCOc1ccc(NC(=O)CCOc2cccc(Br)c2)cc1S(=O)(=O)N(CC)CC. The Morgan fingerprint density at radius 1 is 1.07 bits per heavy atom. The standard InChI is InChI=1S/C21H27BrN2O5S/c1-4-24(5-2)30(26,27)20-15-17(10-11-19(20)28-6-3)23-21(25)12-13-29-18-9-7-8-16(22)14-18/h7-11,14-15H,4-6,12-13H2,1-3H3,(H,23,25). The van der Waals surface area contributed by atoms with Crippen molar-refractivity contribution in [1.82, 2.24) is 4.31 Å². The molecule has 0 saturated heterocycles. The second-order valence-corrected chi connectivity index (χ2v) is 9.11. The van der Waals surface area contributed by atoms with Gasteiger partial charge in [-0.1, -0.05) is 35.8 Å². The molecule has 0 heterocycles. The van der Waals surface area contributed by atoms with Crippen molar-refractivity contribution in [3.8, 4) is 11.5 Å². The Morgan fingerprint density at radius 2 is 1.80 bits per heavy atom. The van der Waals surface area contributed by atoms with Gasteiger partial charge in [0.05, 0.1) is 19.6 Å². The highest BCUT2D eigenvalue weighted by Gasteiger charge is 2.26. The molecule has 2 aromatic carbocycles. The van der Waals surface area contributed by atoms with Crippen LogP contribution in [0.25, 0.3) is 0 Å². The summed E-state index contributed by atoms with van der Waals surface area (Å²) in [6.45, 7) is 6.55. The number of hydrogen-bond acceptors (Lipinski definition) is 5. The Hall–Kier alpha value is -2.10. The molecule has 0 spiro atoms. The Balaban J connectivity index is 2.11. The molecule has 0 aliphatic heterocycles. The van der Waals surface area contributed by atoms with Gasteiger partial charge in [0, 0.05) is 23.2 Å². The Morgan fingerprint density at radius 3 is 2.43 bits per heavy atom. The van der Waals surface area contributed by atoms with Crippen molar-refractivity contribution in [2.24, 2.45) is 0 Å². The first kappa shape index (κ1) is 24.2. The maximum absolute atomic E-state index is 13.0. The molecular formula is C21H27BrN2O5S. The molecule has 2 aromatic rings. The van der Waals surface area contributed by atoms with E-state index in [9.17, 15) is 13.2 Å². The number of carbonyl (C=O) groups excluding carboxylic acids is 1. The number of sulfonamides is 1. The summed E-state index contributed by atoms with van der Waals surface area (Å²) in [5.41, 5.74) is 0.386. The van der Waals surface area contributed by atoms with Crippen LogP contribution in [0.1, 0.15) is 27.2 Å². The number of nitrogens with one attached hydrogen (secondary N) is 1. The normalized spacial score (nSPS) is 11.4. The molecule has 164 valence electrons. The topological polar surface area (TPSA) is 84.9 Å². The van der Waals surface area contributed by atoms with Gasteiger partial charge in [0.25, 0.3) is 0 Å². The summed E-state index contributed by atoms with van der Waals surface area (Å²) in [6, 6.07) is 12.0. The second kappa shape index (κ2) is 11.3. The first-order valence-electron chi connectivity index (χ1n) is 9.77. The fourth-order valence-corrected chi connectivity index (χ4v) is 4.80. The number of hydrogen-bond donors (Lipinski definition) is 1. The molecule has 30 heavy (non-hydrogen) atoms. The molecule has 0 aliphatic rings. The van der Waals surface area contributed by atoms with Crippen molar-refractivity contribution in [2.75, 3.05) is 31.6 Å². The van der Waals surface area contributed by atoms with Crippen LogP contribution in [0.5, 0.6) is 11.5 Å². The number of rotatable bonds is 11. The first-order chi connectivity index (χ1) is 14.3. The van der Waals surface area contributed by atoms with Gasteiger partial charge >= 0.3 is 0 Å². The zero-order chi connectivity index (χ0) is 22.1. The van der Waals surface area contributed by atoms with Gasteiger partial charge in [0.2, 0.25) is 15.9 Å². The van der Waals surface area contributed by atoms with E-state index in [-0.39, 0.29) is 29.6 Å². The highest BCUT2D eigenvalue weighted by Crippen LogP contribution is 2.30. The fraction of sp³-hybridized carbons (Fsp3) is 0.381. The molecule has 0 unspecified atom stereocenters. The third kappa shape index (κ3) is 6.45. The molecule has 9 heteroatoms. The molecule has 0 fully saturated rings. The Labute approximate surface area is 186 Å². The van der Waals surface area contributed by atoms with Gasteiger partial charge in [-0.2, -0.15) is 4.31 Å². The zero-order valence-corrected chi connectivity index (χ0v) is 19.8. The van der Waals surface area contributed by atoms with Crippen molar-refractivity contribution < 1.29 is 22.7 Å². The molecule has 7 nitrogen and oxygen atoms in total. The molecular weight excluding hydrogens is 472 g/mol. The van der Waals surface area contributed by atoms with Gasteiger partial charge in [0.15, 0.2) is 0 Å². The Bertz CT molecular complexity index is 962. The van der Waals surface area contributed by atoms with Crippen LogP contribution in [-0.2, 0) is 14.8 Å². The number of benzene rings is 2. The lowest BCUT2D eigenvalue weighted by Crippen LogP contribution is -2.31. The van der Waals surface area contributed by atoms with Crippen LogP contribution in [0.3, 0.4) is 0 Å². The minimum Gasteiger partial charge on any atom is -0.493 e. The molecule has 0 atom stereocenters. The number of anilines is 1. The van der Waals surface area contributed by atoms with Crippen LogP contribution >= 0.6 is 15.9 Å². The third-order valence-corrected chi connectivity index (χ3v) is 6.81. The van der Waals surface area contributed by atoms with E-state index in [0.717, 1.165) is 4.47 Å². The van der Waals surface area contributed by atoms with Crippen molar-refractivity contribution in [1.29, 1.82) is 0 Å². The number of ether oxygens (including phenoxy) is 2. The van der Waals surface area contributed by atoms with Crippen molar-refractivity contribution >= 4 is 37.5 Å². The summed E-state index contributed by atoms with van der Waals surface area (Å²) in [4.78, 5) is 12.3. The minimum atomic E-state index is -3.74. The summed E-state index contributed by atoms with van der Waals surface area (Å²) in [7, 11) is -3.74. The van der Waals surface area contributed by atoms with Gasteiger partial charge in [-0.3, -0.25) is 4.79 Å². The zero-order valence-electron chi connectivity index (χ0n) is 17.4. The summed E-state index contributed by atoms with van der Waals surface area (Å²) in [5.74, 6) is 0.645. The summed E-state index contributed by atoms with van der Waals surface area (Å²) in [5, 5.41) is 2.73. The molecule has 0 aromatic heterocycles. The molecule has 1 N–H and O–H groups in total. The third-order valence-electron chi connectivity index (χ3n) is 4.24. The summed E-state index contributed by atoms with van der Waals surface area (Å²) < 4.78 is 39.3. The fourth-order valence-electron chi connectivity index (χ4n) is 2.81. The van der Waals surface area contributed by atoms with E-state index in [4.69, 9.17) is 9.47 Å². The van der Waals surface area contributed by atoms with Gasteiger partial charge in [0.1, 0.15) is 16.4 Å². The molecule has 1 amide bonds. The highest BCUT2D eigenvalue weighted by molar-refractivity contribution is 9.10. The number of amides is 1. The molecule has 0 aliphatic carbocycles. The van der Waals surface area contributed by atoms with E-state index < -0.39 is 10.0 Å². The van der Waals surface area contributed by atoms with Crippen molar-refractivity contribution in [3.05, 3.63) is 46.9 Å². The highest BCUT2D eigenvalue weighted by atomic mass is 79.9. The summed E-state index contributed by atoms with van der Waals surface area (Å²) >= 11 is 3.37. The molecule has 0 saturated carbocycles. The monoisotopic (exact) mass is 498 g/mol. The maximum Gasteiger partial charge on any atom is 0.246 e.